The molecule has 1 fully saturated rings. The van der Waals surface area contributed by atoms with Crippen molar-refractivity contribution in [3.63, 3.8) is 0 Å². The van der Waals surface area contributed by atoms with Gasteiger partial charge in [0.1, 0.15) is 34.6 Å². The number of rotatable bonds is 7. The molecule has 1 aliphatic carbocycles. The zero-order valence-electron chi connectivity index (χ0n) is 17.3. The van der Waals surface area contributed by atoms with Crippen molar-refractivity contribution in [2.24, 2.45) is 0 Å². The van der Waals surface area contributed by atoms with Gasteiger partial charge in [-0.15, -0.1) is 0 Å². The topological polar surface area (TPSA) is 67.4 Å². The number of sulfonamides is 1. The molecule has 1 aliphatic rings. The summed E-state index contributed by atoms with van der Waals surface area (Å²) < 4.78 is 104. The first kappa shape index (κ1) is 24.5. The van der Waals surface area contributed by atoms with Crippen LogP contribution in [0.15, 0.2) is 42.5 Å². The van der Waals surface area contributed by atoms with Crippen LogP contribution in [0.3, 0.4) is 0 Å². The van der Waals surface area contributed by atoms with Crippen LogP contribution in [0.1, 0.15) is 17.9 Å². The predicted molar refractivity (Wildman–Crippen MR) is 125 cm³/mol. The second-order valence-corrected chi connectivity index (χ2v) is 10.7. The van der Waals surface area contributed by atoms with Gasteiger partial charge in [0.05, 0.1) is 18.0 Å². The fourth-order valence-corrected chi connectivity index (χ4v) is 5.70. The number of ether oxygens (including phenoxy) is 1. The minimum atomic E-state index is -4.27. The number of hydrogen-bond donors (Lipinski definition) is 2. The summed E-state index contributed by atoms with van der Waals surface area (Å²) in [4.78, 5) is 0. The van der Waals surface area contributed by atoms with Gasteiger partial charge >= 0.3 is 0 Å². The Morgan fingerprint density at radius 1 is 0.941 bits per heavy atom. The Hall–Kier alpha value is -2.61. The van der Waals surface area contributed by atoms with E-state index in [0.29, 0.717) is 15.7 Å². The fourth-order valence-electron chi connectivity index (χ4n) is 3.57. The molecule has 0 bridgehead atoms. The second kappa shape index (κ2) is 9.21. The molecular formula is C22H16F5IN2O3S. The molecule has 0 saturated heterocycles. The number of nitrogens with one attached hydrogen (secondary N) is 2. The highest BCUT2D eigenvalue weighted by Gasteiger charge is 2.50. The van der Waals surface area contributed by atoms with Crippen LogP contribution in [0.2, 0.25) is 0 Å². The summed E-state index contributed by atoms with van der Waals surface area (Å²) in [6.45, 7) is 0. The number of halogens is 6. The normalized spacial score (nSPS) is 17.4. The van der Waals surface area contributed by atoms with E-state index in [2.05, 4.69) is 10.0 Å². The van der Waals surface area contributed by atoms with E-state index in [9.17, 15) is 30.4 Å². The zero-order valence-corrected chi connectivity index (χ0v) is 20.3. The van der Waals surface area contributed by atoms with Gasteiger partial charge in [-0.3, -0.25) is 4.72 Å². The molecule has 3 aromatic rings. The lowest BCUT2D eigenvalue weighted by atomic mass is 10.1. The maximum absolute atomic E-state index is 14.8. The third kappa shape index (κ3) is 4.78. The van der Waals surface area contributed by atoms with Crippen molar-refractivity contribution >= 4 is 49.7 Å². The quantitative estimate of drug-likeness (QED) is 0.253. The van der Waals surface area contributed by atoms with E-state index >= 15 is 0 Å². The highest BCUT2D eigenvalue weighted by molar-refractivity contribution is 14.1. The Kier molecular flexibility index (Phi) is 6.64. The predicted octanol–water partition coefficient (Wildman–Crippen LogP) is 6.04. The molecule has 0 aromatic heterocycles. The molecule has 0 heterocycles. The van der Waals surface area contributed by atoms with Crippen LogP contribution in [0.5, 0.6) is 5.75 Å². The average Bonchev–Trinajstić information content (AvgIpc) is 3.56. The highest BCUT2D eigenvalue weighted by atomic mass is 127. The fraction of sp³-hybridized carbons (Fsp3) is 0.182. The van der Waals surface area contributed by atoms with Crippen LogP contribution in [0.4, 0.5) is 39.0 Å². The van der Waals surface area contributed by atoms with Crippen LogP contribution >= 0.6 is 22.6 Å². The largest absolute Gasteiger partial charge is 0.494 e. The molecule has 2 N–H and O–H groups in total. The molecule has 12 heteroatoms. The Morgan fingerprint density at radius 2 is 1.68 bits per heavy atom. The first-order valence-corrected chi connectivity index (χ1v) is 12.4. The van der Waals surface area contributed by atoms with Gasteiger partial charge in [-0.1, -0.05) is 6.07 Å². The second-order valence-electron chi connectivity index (χ2n) is 7.57. The van der Waals surface area contributed by atoms with E-state index in [-0.39, 0.29) is 23.4 Å². The average molecular weight is 610 g/mol. The summed E-state index contributed by atoms with van der Waals surface area (Å²) in [7, 11) is -3.15. The van der Waals surface area contributed by atoms with E-state index < -0.39 is 61.7 Å². The van der Waals surface area contributed by atoms with Gasteiger partial charge in [-0.2, -0.15) is 0 Å². The van der Waals surface area contributed by atoms with E-state index in [4.69, 9.17) is 4.74 Å². The van der Waals surface area contributed by atoms with Crippen LogP contribution in [-0.2, 0) is 10.0 Å². The van der Waals surface area contributed by atoms with Crippen LogP contribution in [0.25, 0.3) is 0 Å². The molecule has 0 amide bonds. The molecule has 0 radical (unpaired) electrons. The molecule has 2 atom stereocenters. The van der Waals surface area contributed by atoms with Crippen molar-refractivity contribution in [2.75, 3.05) is 17.1 Å². The van der Waals surface area contributed by atoms with Gasteiger partial charge in [-0.05, 0) is 58.8 Å². The molecular weight excluding hydrogens is 594 g/mol. The maximum Gasteiger partial charge on any atom is 0.236 e. The number of benzene rings is 3. The van der Waals surface area contributed by atoms with Gasteiger partial charge in [-0.25, -0.2) is 30.4 Å². The summed E-state index contributed by atoms with van der Waals surface area (Å²) in [6, 6.07) is 7.41. The minimum Gasteiger partial charge on any atom is -0.494 e. The van der Waals surface area contributed by atoms with Gasteiger partial charge in [0.2, 0.25) is 10.0 Å². The monoisotopic (exact) mass is 610 g/mol. The van der Waals surface area contributed by atoms with E-state index in [1.54, 1.807) is 0 Å². The summed E-state index contributed by atoms with van der Waals surface area (Å²) in [5, 5.41) is 1.27. The van der Waals surface area contributed by atoms with E-state index in [1.807, 2.05) is 22.6 Å². The van der Waals surface area contributed by atoms with Crippen molar-refractivity contribution in [1.29, 1.82) is 0 Å². The summed E-state index contributed by atoms with van der Waals surface area (Å²) >= 11 is 1.86. The third-order valence-corrected chi connectivity index (χ3v) is 7.81. The van der Waals surface area contributed by atoms with Crippen LogP contribution in [-0.4, -0.2) is 20.8 Å². The van der Waals surface area contributed by atoms with Gasteiger partial charge < -0.3 is 10.1 Å². The standard InChI is InChI=1S/C22H16F5IN2O3S/c1-33-18-9-16(26)20(27)22(29-17-5-3-11(28)7-15(17)25)21(18)30-34(31,32)19-8-13(19)12-4-2-10(23)6-14(12)24/h2-7,9,13,19,29-30H,8H2,1H3. The SMILES string of the molecule is COc1cc(F)c(F)c(Nc2ccc(I)cc2F)c1NS(=O)(=O)C1CC1c1ccc(F)cc1F. The van der Waals surface area contributed by atoms with Crippen molar-refractivity contribution in [3.05, 3.63) is 80.7 Å². The number of hydrogen-bond acceptors (Lipinski definition) is 4. The van der Waals surface area contributed by atoms with Crippen molar-refractivity contribution in [2.45, 2.75) is 17.6 Å². The maximum atomic E-state index is 14.8. The molecule has 34 heavy (non-hydrogen) atoms. The van der Waals surface area contributed by atoms with E-state index in [0.717, 1.165) is 25.3 Å². The van der Waals surface area contributed by atoms with Gasteiger partial charge in [0.25, 0.3) is 0 Å². The molecule has 2 unspecified atom stereocenters. The molecule has 0 spiro atoms. The Balaban J connectivity index is 1.70. The lowest BCUT2D eigenvalue weighted by Crippen LogP contribution is -2.21. The number of anilines is 3. The number of methoxy groups -OCH3 is 1. The van der Waals surface area contributed by atoms with Crippen molar-refractivity contribution in [1.82, 2.24) is 0 Å². The van der Waals surface area contributed by atoms with Gasteiger partial charge in [0.15, 0.2) is 11.6 Å². The van der Waals surface area contributed by atoms with E-state index in [1.165, 1.54) is 12.1 Å². The Morgan fingerprint density at radius 3 is 2.32 bits per heavy atom. The lowest BCUT2D eigenvalue weighted by molar-refractivity contribution is 0.409. The summed E-state index contributed by atoms with van der Waals surface area (Å²) in [5.41, 5.74) is -1.38. The molecule has 3 aromatic carbocycles. The third-order valence-electron chi connectivity index (χ3n) is 5.33. The van der Waals surface area contributed by atoms with Crippen LogP contribution in [0, 0.1) is 32.7 Å². The highest BCUT2D eigenvalue weighted by Crippen LogP contribution is 2.49. The Labute approximate surface area is 205 Å². The first-order valence-electron chi connectivity index (χ1n) is 9.76. The minimum absolute atomic E-state index is 0.0216. The smallest absolute Gasteiger partial charge is 0.236 e. The summed E-state index contributed by atoms with van der Waals surface area (Å²) in [5.74, 6) is -6.41. The van der Waals surface area contributed by atoms with Crippen molar-refractivity contribution in [3.8, 4) is 5.75 Å². The molecule has 4 rings (SSSR count). The van der Waals surface area contributed by atoms with Crippen LogP contribution < -0.4 is 14.8 Å². The summed E-state index contributed by atoms with van der Waals surface area (Å²) in [6.07, 6.45) is 0.0262. The van der Waals surface area contributed by atoms with Crippen molar-refractivity contribution < 1.29 is 35.1 Å². The van der Waals surface area contributed by atoms with Gasteiger partial charge in [0, 0.05) is 21.6 Å². The molecule has 180 valence electrons. The molecule has 5 nitrogen and oxygen atoms in total. The molecule has 1 saturated carbocycles. The first-order chi connectivity index (χ1) is 16.0. The lowest BCUT2D eigenvalue weighted by Gasteiger charge is -2.19. The zero-order chi connectivity index (χ0) is 24.8. The Bertz CT molecular complexity index is 1390. The molecule has 0 aliphatic heterocycles.